The normalized spacial score (nSPS) is 19.9. The van der Waals surface area contributed by atoms with Crippen molar-refractivity contribution in [2.75, 3.05) is 27.4 Å². The predicted molar refractivity (Wildman–Crippen MR) is 55.3 cm³/mol. The number of rotatable bonds is 5. The second-order valence-electron chi connectivity index (χ2n) is 4.30. The lowest BCUT2D eigenvalue weighted by atomic mass is 9.77. The molecular formula is C11H22O3. The van der Waals surface area contributed by atoms with E-state index in [0.29, 0.717) is 19.1 Å². The van der Waals surface area contributed by atoms with Crippen LogP contribution in [0.3, 0.4) is 0 Å². The third-order valence-corrected chi connectivity index (χ3v) is 3.15. The van der Waals surface area contributed by atoms with E-state index in [4.69, 9.17) is 9.47 Å². The maximum Gasteiger partial charge on any atom is 0.114 e. The third kappa shape index (κ3) is 2.94. The molecular weight excluding hydrogens is 180 g/mol. The van der Waals surface area contributed by atoms with E-state index in [2.05, 4.69) is 0 Å². The van der Waals surface area contributed by atoms with Gasteiger partial charge >= 0.3 is 0 Å². The van der Waals surface area contributed by atoms with Crippen molar-refractivity contribution in [2.45, 2.75) is 37.7 Å². The van der Waals surface area contributed by atoms with Gasteiger partial charge in [-0.15, -0.1) is 0 Å². The molecule has 1 aliphatic rings. The molecule has 1 saturated carbocycles. The van der Waals surface area contributed by atoms with E-state index >= 15 is 0 Å². The van der Waals surface area contributed by atoms with Gasteiger partial charge in [-0.25, -0.2) is 0 Å². The quantitative estimate of drug-likeness (QED) is 0.736. The highest BCUT2D eigenvalue weighted by Crippen LogP contribution is 2.33. The molecule has 1 rings (SSSR count). The minimum absolute atomic E-state index is 0.344. The molecule has 0 saturated heterocycles. The van der Waals surface area contributed by atoms with Crippen molar-refractivity contribution in [2.24, 2.45) is 5.92 Å². The van der Waals surface area contributed by atoms with E-state index in [9.17, 15) is 5.11 Å². The van der Waals surface area contributed by atoms with Gasteiger partial charge < -0.3 is 14.6 Å². The molecule has 84 valence electrons. The van der Waals surface area contributed by atoms with E-state index in [1.807, 2.05) is 0 Å². The van der Waals surface area contributed by atoms with Crippen molar-refractivity contribution in [1.29, 1.82) is 0 Å². The topological polar surface area (TPSA) is 38.7 Å². The fourth-order valence-corrected chi connectivity index (χ4v) is 2.42. The van der Waals surface area contributed by atoms with Gasteiger partial charge in [0.1, 0.15) is 5.60 Å². The van der Waals surface area contributed by atoms with Crippen LogP contribution in [0.4, 0.5) is 0 Å². The Morgan fingerprint density at radius 1 is 1.07 bits per heavy atom. The maximum absolute atomic E-state index is 10.4. The van der Waals surface area contributed by atoms with E-state index in [1.54, 1.807) is 14.2 Å². The molecule has 0 bridgehead atoms. The van der Waals surface area contributed by atoms with Crippen LogP contribution in [0.1, 0.15) is 32.1 Å². The highest BCUT2D eigenvalue weighted by Gasteiger charge is 2.37. The lowest BCUT2D eigenvalue weighted by molar-refractivity contribution is -0.121. The second-order valence-corrected chi connectivity index (χ2v) is 4.30. The third-order valence-electron chi connectivity index (χ3n) is 3.15. The van der Waals surface area contributed by atoms with Crippen molar-refractivity contribution in [3.8, 4) is 0 Å². The monoisotopic (exact) mass is 202 g/mol. The summed E-state index contributed by atoms with van der Waals surface area (Å²) in [5.74, 6) is 0.344. The van der Waals surface area contributed by atoms with Crippen LogP contribution in [0.25, 0.3) is 0 Å². The van der Waals surface area contributed by atoms with Gasteiger partial charge in [-0.05, 0) is 18.8 Å². The van der Waals surface area contributed by atoms with Gasteiger partial charge in [0.05, 0.1) is 13.2 Å². The van der Waals surface area contributed by atoms with E-state index < -0.39 is 5.60 Å². The Balaban J connectivity index is 2.54. The van der Waals surface area contributed by atoms with E-state index in [1.165, 1.54) is 19.3 Å². The van der Waals surface area contributed by atoms with Crippen LogP contribution in [-0.4, -0.2) is 38.1 Å². The molecule has 0 atom stereocenters. The first kappa shape index (κ1) is 12.0. The zero-order valence-corrected chi connectivity index (χ0v) is 9.29. The van der Waals surface area contributed by atoms with E-state index in [-0.39, 0.29) is 0 Å². The van der Waals surface area contributed by atoms with Gasteiger partial charge in [0.25, 0.3) is 0 Å². The van der Waals surface area contributed by atoms with Crippen molar-refractivity contribution in [3.05, 3.63) is 0 Å². The van der Waals surface area contributed by atoms with Crippen LogP contribution in [-0.2, 0) is 9.47 Å². The maximum atomic E-state index is 10.4. The summed E-state index contributed by atoms with van der Waals surface area (Å²) in [5, 5.41) is 10.4. The van der Waals surface area contributed by atoms with E-state index in [0.717, 1.165) is 12.8 Å². The molecule has 0 aromatic rings. The Bertz CT molecular complexity index is 147. The summed E-state index contributed by atoms with van der Waals surface area (Å²) in [6.07, 6.45) is 5.94. The zero-order chi connectivity index (χ0) is 10.4. The van der Waals surface area contributed by atoms with Crippen LogP contribution in [0.15, 0.2) is 0 Å². The molecule has 0 heterocycles. The molecule has 0 aromatic carbocycles. The molecule has 0 aliphatic heterocycles. The molecule has 0 unspecified atom stereocenters. The van der Waals surface area contributed by atoms with Gasteiger partial charge in [-0.2, -0.15) is 0 Å². The molecule has 14 heavy (non-hydrogen) atoms. The van der Waals surface area contributed by atoms with Crippen molar-refractivity contribution < 1.29 is 14.6 Å². The Kier molecular flexibility index (Phi) is 4.85. The van der Waals surface area contributed by atoms with Crippen molar-refractivity contribution >= 4 is 0 Å². The van der Waals surface area contributed by atoms with Gasteiger partial charge in [-0.3, -0.25) is 0 Å². The van der Waals surface area contributed by atoms with Crippen LogP contribution in [0.5, 0.6) is 0 Å². The Labute approximate surface area is 86.4 Å². The average molecular weight is 202 g/mol. The Morgan fingerprint density at radius 2 is 1.57 bits per heavy atom. The average Bonchev–Trinajstić information content (AvgIpc) is 2.20. The SMILES string of the molecule is COCC(O)(COC)C1CCCCC1. The molecule has 1 aliphatic carbocycles. The molecule has 1 fully saturated rings. The summed E-state index contributed by atoms with van der Waals surface area (Å²) in [7, 11) is 3.26. The summed E-state index contributed by atoms with van der Waals surface area (Å²) in [6.45, 7) is 0.761. The fraction of sp³-hybridized carbons (Fsp3) is 1.00. The largest absolute Gasteiger partial charge is 0.385 e. The van der Waals surface area contributed by atoms with Crippen LogP contribution in [0.2, 0.25) is 0 Å². The van der Waals surface area contributed by atoms with Crippen LogP contribution in [0, 0.1) is 5.92 Å². The minimum atomic E-state index is -0.774. The summed E-state index contributed by atoms with van der Waals surface area (Å²) in [6, 6.07) is 0. The van der Waals surface area contributed by atoms with Gasteiger partial charge in [-0.1, -0.05) is 19.3 Å². The first-order valence-corrected chi connectivity index (χ1v) is 5.43. The highest BCUT2D eigenvalue weighted by molar-refractivity contribution is 4.88. The minimum Gasteiger partial charge on any atom is -0.385 e. The molecule has 3 heteroatoms. The lowest BCUT2D eigenvalue weighted by Crippen LogP contribution is -2.47. The van der Waals surface area contributed by atoms with Crippen molar-refractivity contribution in [1.82, 2.24) is 0 Å². The smallest absolute Gasteiger partial charge is 0.114 e. The van der Waals surface area contributed by atoms with Crippen LogP contribution >= 0.6 is 0 Å². The Hall–Kier alpha value is -0.120. The lowest BCUT2D eigenvalue weighted by Gasteiger charge is -2.37. The second kappa shape index (κ2) is 5.69. The standard InChI is InChI=1S/C11H22O3/c1-13-8-11(12,9-14-2)10-6-4-3-5-7-10/h10,12H,3-9H2,1-2H3. The molecule has 0 amide bonds. The highest BCUT2D eigenvalue weighted by atomic mass is 16.5. The number of methoxy groups -OCH3 is 2. The van der Waals surface area contributed by atoms with Crippen LogP contribution < -0.4 is 0 Å². The van der Waals surface area contributed by atoms with Gasteiger partial charge in [0.2, 0.25) is 0 Å². The number of hydrogen-bond acceptors (Lipinski definition) is 3. The summed E-state index contributed by atoms with van der Waals surface area (Å²) >= 11 is 0. The molecule has 0 radical (unpaired) electrons. The van der Waals surface area contributed by atoms with Crippen molar-refractivity contribution in [3.63, 3.8) is 0 Å². The van der Waals surface area contributed by atoms with Gasteiger partial charge in [0, 0.05) is 14.2 Å². The first-order chi connectivity index (χ1) is 6.73. The predicted octanol–water partition coefficient (Wildman–Crippen LogP) is 1.59. The summed E-state index contributed by atoms with van der Waals surface area (Å²) in [4.78, 5) is 0. The summed E-state index contributed by atoms with van der Waals surface area (Å²) in [5.41, 5.74) is -0.774. The number of ether oxygens (including phenoxy) is 2. The first-order valence-electron chi connectivity index (χ1n) is 5.43. The zero-order valence-electron chi connectivity index (χ0n) is 9.29. The molecule has 1 N–H and O–H groups in total. The number of hydrogen-bond donors (Lipinski definition) is 1. The van der Waals surface area contributed by atoms with Gasteiger partial charge in [0.15, 0.2) is 0 Å². The summed E-state index contributed by atoms with van der Waals surface area (Å²) < 4.78 is 10.2. The molecule has 0 aromatic heterocycles. The molecule has 0 spiro atoms. The Morgan fingerprint density at radius 3 is 2.00 bits per heavy atom. The molecule has 3 nitrogen and oxygen atoms in total. The number of aliphatic hydroxyl groups is 1. The fourth-order valence-electron chi connectivity index (χ4n) is 2.42.